The maximum atomic E-state index is 12.2. The number of hydrogen-bond acceptors (Lipinski definition) is 4. The van der Waals surface area contributed by atoms with E-state index in [2.05, 4.69) is 10.1 Å². The van der Waals surface area contributed by atoms with Gasteiger partial charge in [0.15, 0.2) is 0 Å². The first-order valence-electron chi connectivity index (χ1n) is 6.58. The molecule has 0 bridgehead atoms. The second-order valence-electron chi connectivity index (χ2n) is 4.73. The number of nitrogens with zero attached hydrogens (tertiary/aromatic N) is 1. The Morgan fingerprint density at radius 1 is 1.48 bits per heavy atom. The lowest BCUT2D eigenvalue weighted by Gasteiger charge is -2.16. The molecule has 4 nitrogen and oxygen atoms in total. The van der Waals surface area contributed by atoms with Crippen molar-refractivity contribution in [3.8, 4) is 11.8 Å². The lowest BCUT2D eigenvalue weighted by atomic mass is 10.1. The Bertz CT molecular complexity index is 508. The smallest absolute Gasteiger partial charge is 0.406 e. The van der Waals surface area contributed by atoms with Crippen LogP contribution in [-0.2, 0) is 4.74 Å². The third kappa shape index (κ3) is 4.92. The topological polar surface area (TPSA) is 54.3 Å². The van der Waals surface area contributed by atoms with Gasteiger partial charge in [-0.05, 0) is 30.5 Å². The Kier molecular flexibility index (Phi) is 5.04. The van der Waals surface area contributed by atoms with Crippen LogP contribution >= 0.6 is 0 Å². The van der Waals surface area contributed by atoms with E-state index >= 15 is 0 Å². The normalized spacial score (nSPS) is 20.0. The van der Waals surface area contributed by atoms with Crippen LogP contribution in [0.4, 0.5) is 13.2 Å². The second-order valence-corrected chi connectivity index (χ2v) is 4.73. The van der Waals surface area contributed by atoms with Crippen LogP contribution in [0.2, 0.25) is 0 Å². The van der Waals surface area contributed by atoms with E-state index in [0.717, 1.165) is 12.8 Å². The van der Waals surface area contributed by atoms with Crippen LogP contribution in [0.1, 0.15) is 24.4 Å². The van der Waals surface area contributed by atoms with Crippen LogP contribution in [0.15, 0.2) is 24.3 Å². The molecule has 0 saturated carbocycles. The van der Waals surface area contributed by atoms with Crippen molar-refractivity contribution >= 4 is 0 Å². The molecule has 114 valence electrons. The fourth-order valence-corrected chi connectivity index (χ4v) is 2.18. The van der Waals surface area contributed by atoms with Crippen molar-refractivity contribution in [1.29, 1.82) is 5.26 Å². The second kappa shape index (κ2) is 6.78. The molecule has 0 radical (unpaired) electrons. The van der Waals surface area contributed by atoms with E-state index in [1.54, 1.807) is 6.07 Å². The van der Waals surface area contributed by atoms with E-state index in [-0.39, 0.29) is 11.9 Å². The summed E-state index contributed by atoms with van der Waals surface area (Å²) in [6, 6.07) is 6.75. The highest BCUT2D eigenvalue weighted by atomic mass is 19.4. The van der Waals surface area contributed by atoms with Gasteiger partial charge in [0.05, 0.1) is 12.2 Å². The van der Waals surface area contributed by atoms with Crippen molar-refractivity contribution in [3.63, 3.8) is 0 Å². The van der Waals surface area contributed by atoms with Gasteiger partial charge >= 0.3 is 6.36 Å². The lowest BCUT2D eigenvalue weighted by Crippen LogP contribution is -2.29. The van der Waals surface area contributed by atoms with Gasteiger partial charge in [-0.25, -0.2) is 0 Å². The molecule has 7 heteroatoms. The SMILES string of the molecule is N#CC(NCC1CCCO1)c1cccc(OC(F)(F)F)c1. The zero-order valence-electron chi connectivity index (χ0n) is 11.2. The van der Waals surface area contributed by atoms with Gasteiger partial charge in [-0.15, -0.1) is 13.2 Å². The van der Waals surface area contributed by atoms with Gasteiger partial charge < -0.3 is 9.47 Å². The molecule has 1 saturated heterocycles. The predicted octanol–water partition coefficient (Wildman–Crippen LogP) is 2.92. The third-order valence-electron chi connectivity index (χ3n) is 3.13. The van der Waals surface area contributed by atoms with E-state index < -0.39 is 12.4 Å². The first kappa shape index (κ1) is 15.6. The van der Waals surface area contributed by atoms with E-state index in [1.807, 2.05) is 6.07 Å². The standard InChI is InChI=1S/C14H15F3N2O2/c15-14(16,17)21-11-4-1-3-10(7-11)13(8-18)19-9-12-5-2-6-20-12/h1,3-4,7,12-13,19H,2,5-6,9H2. The molecule has 0 aliphatic carbocycles. The number of hydrogen-bond donors (Lipinski definition) is 1. The number of alkyl halides is 3. The van der Waals surface area contributed by atoms with Crippen LogP contribution in [-0.4, -0.2) is 25.6 Å². The molecule has 2 unspecified atom stereocenters. The number of rotatable bonds is 5. The van der Waals surface area contributed by atoms with Crippen molar-refractivity contribution < 1.29 is 22.6 Å². The molecule has 0 aromatic heterocycles. The van der Waals surface area contributed by atoms with Crippen LogP contribution in [0.25, 0.3) is 0 Å². The van der Waals surface area contributed by atoms with Gasteiger partial charge in [-0.1, -0.05) is 12.1 Å². The number of halogens is 3. The molecule has 1 aliphatic rings. The van der Waals surface area contributed by atoms with Gasteiger partial charge in [0.25, 0.3) is 0 Å². The molecule has 1 aromatic rings. The molecular formula is C14H15F3N2O2. The maximum Gasteiger partial charge on any atom is 0.573 e. The summed E-state index contributed by atoms with van der Waals surface area (Å²) in [6.45, 7) is 1.20. The highest BCUT2D eigenvalue weighted by Crippen LogP contribution is 2.25. The largest absolute Gasteiger partial charge is 0.573 e. The summed E-state index contributed by atoms with van der Waals surface area (Å²) in [5, 5.41) is 12.2. The highest BCUT2D eigenvalue weighted by Gasteiger charge is 2.31. The van der Waals surface area contributed by atoms with E-state index in [9.17, 15) is 13.2 Å². The van der Waals surface area contributed by atoms with Gasteiger partial charge in [-0.3, -0.25) is 5.32 Å². The third-order valence-corrected chi connectivity index (χ3v) is 3.13. The van der Waals surface area contributed by atoms with Crippen molar-refractivity contribution in [2.75, 3.05) is 13.2 Å². The minimum atomic E-state index is -4.74. The summed E-state index contributed by atoms with van der Waals surface area (Å²) >= 11 is 0. The number of benzene rings is 1. The Hall–Kier alpha value is -1.78. The Morgan fingerprint density at radius 2 is 2.29 bits per heavy atom. The Morgan fingerprint density at radius 3 is 2.90 bits per heavy atom. The van der Waals surface area contributed by atoms with Gasteiger partial charge in [-0.2, -0.15) is 5.26 Å². The predicted molar refractivity (Wildman–Crippen MR) is 68.5 cm³/mol. The molecule has 1 fully saturated rings. The lowest BCUT2D eigenvalue weighted by molar-refractivity contribution is -0.274. The maximum absolute atomic E-state index is 12.2. The monoisotopic (exact) mass is 300 g/mol. The molecule has 21 heavy (non-hydrogen) atoms. The number of nitrogens with one attached hydrogen (secondary N) is 1. The summed E-state index contributed by atoms with van der Waals surface area (Å²) in [5.74, 6) is -0.334. The van der Waals surface area contributed by atoms with Gasteiger partial charge in [0.1, 0.15) is 11.8 Å². The molecule has 0 spiro atoms. The van der Waals surface area contributed by atoms with Gasteiger partial charge in [0.2, 0.25) is 0 Å². The van der Waals surface area contributed by atoms with Crippen molar-refractivity contribution in [2.24, 2.45) is 0 Å². The fourth-order valence-electron chi connectivity index (χ4n) is 2.18. The molecule has 0 amide bonds. The zero-order chi connectivity index (χ0) is 15.3. The van der Waals surface area contributed by atoms with Crippen molar-refractivity contribution in [1.82, 2.24) is 5.32 Å². The minimum Gasteiger partial charge on any atom is -0.406 e. The molecule has 1 aromatic carbocycles. The molecule has 1 aliphatic heterocycles. The first-order chi connectivity index (χ1) is 9.98. The van der Waals surface area contributed by atoms with Crippen LogP contribution in [0.3, 0.4) is 0 Å². The highest BCUT2D eigenvalue weighted by molar-refractivity contribution is 5.33. The first-order valence-corrected chi connectivity index (χ1v) is 6.58. The molecule has 1 heterocycles. The van der Waals surface area contributed by atoms with Crippen molar-refractivity contribution in [2.45, 2.75) is 31.3 Å². The average molecular weight is 300 g/mol. The van der Waals surface area contributed by atoms with E-state index in [0.29, 0.717) is 18.7 Å². The Balaban J connectivity index is 2.00. The molecular weight excluding hydrogens is 285 g/mol. The average Bonchev–Trinajstić information content (AvgIpc) is 2.91. The van der Waals surface area contributed by atoms with Crippen LogP contribution in [0.5, 0.6) is 5.75 Å². The van der Waals surface area contributed by atoms with Crippen LogP contribution < -0.4 is 10.1 Å². The summed E-state index contributed by atoms with van der Waals surface area (Å²) < 4.78 is 45.8. The minimum absolute atomic E-state index is 0.0513. The van der Waals surface area contributed by atoms with E-state index in [4.69, 9.17) is 10.00 Å². The summed E-state index contributed by atoms with van der Waals surface area (Å²) in [7, 11) is 0. The molecule has 1 N–H and O–H groups in total. The number of nitriles is 1. The van der Waals surface area contributed by atoms with Crippen molar-refractivity contribution in [3.05, 3.63) is 29.8 Å². The van der Waals surface area contributed by atoms with Crippen LogP contribution in [0, 0.1) is 11.3 Å². The summed E-state index contributed by atoms with van der Waals surface area (Å²) in [5.41, 5.74) is 0.428. The van der Waals surface area contributed by atoms with E-state index in [1.165, 1.54) is 18.2 Å². The summed E-state index contributed by atoms with van der Waals surface area (Å²) in [6.07, 6.45) is -2.79. The Labute approximate surface area is 120 Å². The van der Waals surface area contributed by atoms with Gasteiger partial charge in [0, 0.05) is 13.2 Å². The molecule has 2 rings (SSSR count). The summed E-state index contributed by atoms with van der Waals surface area (Å²) in [4.78, 5) is 0. The number of ether oxygens (including phenoxy) is 2. The zero-order valence-corrected chi connectivity index (χ0v) is 11.2. The molecule has 2 atom stereocenters. The quantitative estimate of drug-likeness (QED) is 0.908. The fraction of sp³-hybridized carbons (Fsp3) is 0.500.